The first-order valence-corrected chi connectivity index (χ1v) is 11.4. The number of aliphatic hydroxyl groups excluding tert-OH is 1. The molecule has 0 aromatic heterocycles. The second-order valence-electron chi connectivity index (χ2n) is 6.95. The van der Waals surface area contributed by atoms with Crippen molar-refractivity contribution in [2.24, 2.45) is 0 Å². The van der Waals surface area contributed by atoms with Crippen molar-refractivity contribution in [2.45, 2.75) is 11.4 Å². The number of benzene rings is 3. The largest absolute Gasteiger partial charge is 0.395 e. The third-order valence-corrected chi connectivity index (χ3v) is 6.76. The number of amides is 1. The van der Waals surface area contributed by atoms with Crippen LogP contribution >= 0.6 is 11.6 Å². The lowest BCUT2D eigenvalue weighted by atomic mass is 10.2. The lowest BCUT2D eigenvalue weighted by Crippen LogP contribution is -2.32. The summed E-state index contributed by atoms with van der Waals surface area (Å²) in [6, 6.07) is 21.7. The Balaban J connectivity index is 2.03. The molecule has 0 fully saturated rings. The van der Waals surface area contributed by atoms with Crippen molar-refractivity contribution in [1.82, 2.24) is 4.90 Å². The van der Waals surface area contributed by atoms with Crippen LogP contribution in [0.1, 0.15) is 15.9 Å². The molecule has 0 aliphatic heterocycles. The Hall–Kier alpha value is -2.87. The first kappa shape index (κ1) is 22.8. The van der Waals surface area contributed by atoms with Gasteiger partial charge in [0.1, 0.15) is 0 Å². The highest BCUT2D eigenvalue weighted by Crippen LogP contribution is 2.28. The standard InChI is InChI=1S/C23H23ClN2O4S/c1-25(14-15-27)23(28)19-8-5-9-22(16-19)31(29,30)26(17-18-6-3-2-4-7-18)21-12-10-20(24)11-13-21/h2-13,16,27H,14-15,17H2,1H3. The minimum Gasteiger partial charge on any atom is -0.395 e. The van der Waals surface area contributed by atoms with Gasteiger partial charge in [0.15, 0.2) is 0 Å². The average Bonchev–Trinajstić information content (AvgIpc) is 2.78. The van der Waals surface area contributed by atoms with Crippen LogP contribution in [0.25, 0.3) is 0 Å². The Morgan fingerprint density at radius 1 is 0.968 bits per heavy atom. The van der Waals surface area contributed by atoms with Gasteiger partial charge in [-0.3, -0.25) is 9.10 Å². The number of halogens is 1. The molecule has 6 nitrogen and oxygen atoms in total. The zero-order chi connectivity index (χ0) is 22.4. The maximum absolute atomic E-state index is 13.6. The summed E-state index contributed by atoms with van der Waals surface area (Å²) in [5.74, 6) is -0.368. The molecule has 0 saturated carbocycles. The van der Waals surface area contributed by atoms with Gasteiger partial charge < -0.3 is 10.0 Å². The Bertz CT molecular complexity index is 1140. The van der Waals surface area contributed by atoms with Crippen LogP contribution in [-0.2, 0) is 16.6 Å². The molecule has 0 spiro atoms. The van der Waals surface area contributed by atoms with Gasteiger partial charge in [0.2, 0.25) is 0 Å². The van der Waals surface area contributed by atoms with Crippen LogP contribution in [0.15, 0.2) is 83.8 Å². The van der Waals surface area contributed by atoms with Crippen LogP contribution in [-0.4, -0.2) is 44.5 Å². The van der Waals surface area contributed by atoms with E-state index in [0.717, 1.165) is 5.56 Å². The third kappa shape index (κ3) is 5.44. The molecular weight excluding hydrogens is 436 g/mol. The van der Waals surface area contributed by atoms with Gasteiger partial charge in [-0.25, -0.2) is 8.42 Å². The summed E-state index contributed by atoms with van der Waals surface area (Å²) in [5, 5.41) is 9.57. The highest BCUT2D eigenvalue weighted by molar-refractivity contribution is 7.92. The molecule has 0 atom stereocenters. The predicted molar refractivity (Wildman–Crippen MR) is 122 cm³/mol. The van der Waals surface area contributed by atoms with Gasteiger partial charge >= 0.3 is 0 Å². The van der Waals surface area contributed by atoms with Gasteiger partial charge in [-0.2, -0.15) is 0 Å². The number of anilines is 1. The second-order valence-corrected chi connectivity index (χ2v) is 9.25. The lowest BCUT2D eigenvalue weighted by Gasteiger charge is -2.25. The van der Waals surface area contributed by atoms with Crippen molar-refractivity contribution in [3.05, 3.63) is 95.0 Å². The van der Waals surface area contributed by atoms with E-state index in [-0.39, 0.29) is 36.1 Å². The maximum atomic E-state index is 13.6. The van der Waals surface area contributed by atoms with Crippen molar-refractivity contribution >= 4 is 33.2 Å². The number of likely N-dealkylation sites (N-methyl/N-ethyl adjacent to an activating group) is 1. The number of carbonyl (C=O) groups is 1. The van der Waals surface area contributed by atoms with Crippen molar-refractivity contribution in [1.29, 1.82) is 0 Å². The fourth-order valence-corrected chi connectivity index (χ4v) is 4.69. The molecule has 3 aromatic rings. The van der Waals surface area contributed by atoms with Gasteiger partial charge in [0.25, 0.3) is 15.9 Å². The summed E-state index contributed by atoms with van der Waals surface area (Å²) in [5.41, 5.74) is 1.51. The molecule has 0 aliphatic carbocycles. The van der Waals surface area contributed by atoms with E-state index in [1.807, 2.05) is 30.3 Å². The highest BCUT2D eigenvalue weighted by Gasteiger charge is 2.26. The molecule has 0 aliphatic rings. The van der Waals surface area contributed by atoms with Crippen LogP contribution in [0.4, 0.5) is 5.69 Å². The smallest absolute Gasteiger partial charge is 0.264 e. The summed E-state index contributed by atoms with van der Waals surface area (Å²) in [4.78, 5) is 13.9. The SMILES string of the molecule is CN(CCO)C(=O)c1cccc(S(=O)(=O)N(Cc2ccccc2)c2ccc(Cl)cc2)c1. The van der Waals surface area contributed by atoms with E-state index in [0.29, 0.717) is 10.7 Å². The minimum absolute atomic E-state index is 0.00151. The second kappa shape index (κ2) is 9.96. The minimum atomic E-state index is -3.99. The average molecular weight is 459 g/mol. The van der Waals surface area contributed by atoms with Gasteiger partial charge in [0.05, 0.1) is 23.7 Å². The Morgan fingerprint density at radius 2 is 1.65 bits per heavy atom. The van der Waals surface area contributed by atoms with Crippen molar-refractivity contribution in [2.75, 3.05) is 24.5 Å². The van der Waals surface area contributed by atoms with Gasteiger partial charge in [0, 0.05) is 24.2 Å². The van der Waals surface area contributed by atoms with Crippen molar-refractivity contribution in [3.63, 3.8) is 0 Å². The Labute approximate surface area is 187 Å². The molecule has 0 saturated heterocycles. The predicted octanol–water partition coefficient (Wildman–Crippen LogP) is 3.80. The molecule has 31 heavy (non-hydrogen) atoms. The third-order valence-electron chi connectivity index (χ3n) is 4.73. The van der Waals surface area contributed by atoms with Crippen LogP contribution in [0.3, 0.4) is 0 Å². The molecule has 0 radical (unpaired) electrons. The van der Waals surface area contributed by atoms with E-state index in [4.69, 9.17) is 16.7 Å². The first-order chi connectivity index (χ1) is 14.8. The molecule has 1 N–H and O–H groups in total. The van der Waals surface area contributed by atoms with E-state index >= 15 is 0 Å². The lowest BCUT2D eigenvalue weighted by molar-refractivity contribution is 0.0766. The molecular formula is C23H23ClN2O4S. The zero-order valence-corrected chi connectivity index (χ0v) is 18.6. The number of rotatable bonds is 8. The summed E-state index contributed by atoms with van der Waals surface area (Å²) in [6.07, 6.45) is 0. The maximum Gasteiger partial charge on any atom is 0.264 e. The monoisotopic (exact) mass is 458 g/mol. The number of hydrogen-bond acceptors (Lipinski definition) is 4. The first-order valence-electron chi connectivity index (χ1n) is 9.61. The normalized spacial score (nSPS) is 11.2. The molecule has 8 heteroatoms. The summed E-state index contributed by atoms with van der Waals surface area (Å²) < 4.78 is 28.5. The molecule has 0 heterocycles. The Kier molecular flexibility index (Phi) is 7.33. The van der Waals surface area contributed by atoms with E-state index in [1.54, 1.807) is 37.4 Å². The van der Waals surface area contributed by atoms with Crippen molar-refractivity contribution < 1.29 is 18.3 Å². The molecule has 3 rings (SSSR count). The number of aliphatic hydroxyl groups is 1. The number of carbonyl (C=O) groups excluding carboxylic acids is 1. The number of hydrogen-bond donors (Lipinski definition) is 1. The van der Waals surface area contributed by atoms with E-state index < -0.39 is 10.0 Å². The van der Waals surface area contributed by atoms with Crippen LogP contribution in [0, 0.1) is 0 Å². The fourth-order valence-electron chi connectivity index (χ4n) is 3.06. The highest BCUT2D eigenvalue weighted by atomic mass is 35.5. The van der Waals surface area contributed by atoms with Gasteiger partial charge in [-0.15, -0.1) is 0 Å². The van der Waals surface area contributed by atoms with Gasteiger partial charge in [-0.1, -0.05) is 48.0 Å². The van der Waals surface area contributed by atoms with E-state index in [2.05, 4.69) is 0 Å². The molecule has 0 unspecified atom stereocenters. The molecule has 162 valence electrons. The molecule has 3 aromatic carbocycles. The topological polar surface area (TPSA) is 77.9 Å². The quantitative estimate of drug-likeness (QED) is 0.557. The molecule has 1 amide bonds. The van der Waals surface area contributed by atoms with Crippen molar-refractivity contribution in [3.8, 4) is 0 Å². The summed E-state index contributed by atoms with van der Waals surface area (Å²) in [7, 11) is -2.44. The van der Waals surface area contributed by atoms with Gasteiger partial charge in [-0.05, 0) is 48.0 Å². The summed E-state index contributed by atoms with van der Waals surface area (Å²) >= 11 is 5.99. The van der Waals surface area contributed by atoms with Crippen LogP contribution < -0.4 is 4.31 Å². The van der Waals surface area contributed by atoms with Crippen LogP contribution in [0.5, 0.6) is 0 Å². The number of nitrogens with zero attached hydrogens (tertiary/aromatic N) is 2. The van der Waals surface area contributed by atoms with Crippen LogP contribution in [0.2, 0.25) is 5.02 Å². The zero-order valence-electron chi connectivity index (χ0n) is 17.0. The molecule has 0 bridgehead atoms. The van der Waals surface area contributed by atoms with E-state index in [9.17, 15) is 13.2 Å². The Morgan fingerprint density at radius 3 is 2.29 bits per heavy atom. The summed E-state index contributed by atoms with van der Waals surface area (Å²) in [6.45, 7) is 0.0930. The van der Waals surface area contributed by atoms with E-state index in [1.165, 1.54) is 27.4 Å². The fraction of sp³-hybridized carbons (Fsp3) is 0.174. The number of sulfonamides is 1.